The SMILES string of the molecule is N=C(N)NCCC[C@H](NC(=O)C(Cc1cccc2ccccc12)NC(=O)CN1CCN(CC(=O)O)CCN(CC(=O)O)CCN(CC(=O)O)CC1)C(=O)N[C@@H](Cc1c[nH]c2ccccc12)C(=O)N[C@@H](CO)C(=O)N[C@@H](Cc1cnc[nH]1)C(=O)N[C@H](CCCNC(=N)N)C(=O)N[C@@H](Cc1c[nH]c2ccccc12)C(=O)N[C@@H](Cc1ccc(C(=O)c2ccccc2)cc1)C(=O)N1CC[C@H]1C(=O)NNC(N)=O. The second-order valence-corrected chi connectivity index (χ2v) is 33.6. The monoisotopic (exact) mass is 1900 g/mol. The number of aliphatic hydroxyl groups is 1. The minimum atomic E-state index is -1.95. The van der Waals surface area contributed by atoms with Gasteiger partial charge in [-0.05, 0) is 77.3 Å². The van der Waals surface area contributed by atoms with E-state index in [1.54, 1.807) is 153 Å². The molecule has 5 heterocycles. The van der Waals surface area contributed by atoms with Crippen molar-refractivity contribution in [3.63, 3.8) is 0 Å². The van der Waals surface area contributed by atoms with Crippen molar-refractivity contribution in [2.24, 2.45) is 17.2 Å². The number of nitrogens with two attached hydrogens (primary N) is 3. The van der Waals surface area contributed by atoms with E-state index in [1.165, 1.54) is 17.4 Å². The van der Waals surface area contributed by atoms with E-state index in [1.807, 2.05) is 29.7 Å². The van der Waals surface area contributed by atoms with Gasteiger partial charge < -0.3 is 111 Å². The van der Waals surface area contributed by atoms with Crippen LogP contribution in [0, 0.1) is 10.8 Å². The van der Waals surface area contributed by atoms with E-state index in [9.17, 15) is 58.8 Å². The number of nitrogens with one attached hydrogen (secondary N) is 17. The molecule has 2 saturated heterocycles. The number of carbonyl (C=O) groups is 15. The maximum Gasteiger partial charge on any atom is 0.330 e. The molecule has 9 aromatic rings. The van der Waals surface area contributed by atoms with Gasteiger partial charge in [0.15, 0.2) is 17.7 Å². The van der Waals surface area contributed by atoms with E-state index >= 15 is 33.6 Å². The van der Waals surface area contributed by atoms with Gasteiger partial charge >= 0.3 is 23.9 Å². The number of imidazole rings is 1. The van der Waals surface area contributed by atoms with Crippen LogP contribution in [0.1, 0.15) is 76.0 Å². The number of guanidine groups is 2. The van der Waals surface area contributed by atoms with Crippen molar-refractivity contribution in [2.45, 2.75) is 119 Å². The molecule has 3 aromatic heterocycles. The summed E-state index contributed by atoms with van der Waals surface area (Å²) < 4.78 is 0. The maximum absolute atomic E-state index is 15.5. The van der Waals surface area contributed by atoms with Crippen LogP contribution >= 0.6 is 0 Å². The highest BCUT2D eigenvalue weighted by Gasteiger charge is 2.43. The zero-order valence-electron chi connectivity index (χ0n) is 75.6. The molecule has 2 fully saturated rings. The molecule has 0 bridgehead atoms. The highest BCUT2D eigenvalue weighted by Crippen LogP contribution is 2.26. The fourth-order valence-electron chi connectivity index (χ4n) is 16.4. The third-order valence-corrected chi connectivity index (χ3v) is 23.7. The Morgan fingerprint density at radius 2 is 0.826 bits per heavy atom. The van der Waals surface area contributed by atoms with E-state index in [0.29, 0.717) is 60.6 Å². The molecule has 45 heteroatoms. The summed E-state index contributed by atoms with van der Waals surface area (Å²) in [6.07, 6.45) is 4.11. The molecular formula is C93H116N26O19. The molecule has 1 unspecified atom stereocenters. The number of benzene rings is 6. The lowest BCUT2D eigenvalue weighted by molar-refractivity contribution is -0.150. The highest BCUT2D eigenvalue weighted by molar-refractivity contribution is 6.09. The molecule has 732 valence electrons. The third-order valence-electron chi connectivity index (χ3n) is 23.7. The quantitative estimate of drug-likeness (QED) is 0.00614. The van der Waals surface area contributed by atoms with Crippen LogP contribution in [-0.2, 0) is 94.4 Å². The summed E-state index contributed by atoms with van der Waals surface area (Å²) in [5.41, 5.74) is 25.0. The zero-order valence-corrected chi connectivity index (χ0v) is 75.6. The number of hydrogen-bond donors (Lipinski definition) is 24. The second kappa shape index (κ2) is 50.5. The highest BCUT2D eigenvalue weighted by atomic mass is 16.4. The lowest BCUT2D eigenvalue weighted by atomic mass is 9.96. The van der Waals surface area contributed by atoms with Crippen LogP contribution in [0.4, 0.5) is 4.79 Å². The molecule has 2 aliphatic heterocycles. The summed E-state index contributed by atoms with van der Waals surface area (Å²) in [6, 6.07) is 26.1. The fourth-order valence-corrected chi connectivity index (χ4v) is 16.4. The van der Waals surface area contributed by atoms with Gasteiger partial charge in [-0.3, -0.25) is 103 Å². The minimum Gasteiger partial charge on any atom is -0.480 e. The van der Waals surface area contributed by atoms with Crippen molar-refractivity contribution in [1.29, 1.82) is 10.8 Å². The first kappa shape index (κ1) is 103. The van der Waals surface area contributed by atoms with Gasteiger partial charge in [-0.25, -0.2) is 15.2 Å². The van der Waals surface area contributed by atoms with Crippen molar-refractivity contribution < 1.29 is 92.3 Å². The summed E-state index contributed by atoms with van der Waals surface area (Å²) in [5.74, 6) is -14.0. The van der Waals surface area contributed by atoms with Crippen molar-refractivity contribution in [3.8, 4) is 0 Å². The maximum atomic E-state index is 15.5. The molecule has 45 nitrogen and oxygen atoms in total. The normalized spacial score (nSPS) is 15.7. The Bertz CT molecular complexity index is 5780. The number of primary amides is 1. The van der Waals surface area contributed by atoms with Gasteiger partial charge in [-0.2, -0.15) is 0 Å². The van der Waals surface area contributed by atoms with Crippen LogP contribution < -0.4 is 81.2 Å². The number of ketones is 1. The number of H-pyrrole nitrogens is 3. The van der Waals surface area contributed by atoms with Crippen LogP contribution in [0.5, 0.6) is 0 Å². The number of carboxylic acids is 3. The number of para-hydroxylation sites is 2. The largest absolute Gasteiger partial charge is 0.480 e. The van der Waals surface area contributed by atoms with Crippen molar-refractivity contribution >= 4 is 133 Å². The molecule has 6 aromatic carbocycles. The van der Waals surface area contributed by atoms with Crippen molar-refractivity contribution in [2.75, 3.05) is 105 Å². The van der Waals surface area contributed by atoms with Crippen molar-refractivity contribution in [3.05, 3.63) is 210 Å². The predicted octanol–water partition coefficient (Wildman–Crippen LogP) is -2.56. The van der Waals surface area contributed by atoms with Gasteiger partial charge in [-0.1, -0.05) is 133 Å². The number of hydrazine groups is 1. The van der Waals surface area contributed by atoms with Crippen LogP contribution in [0.3, 0.4) is 0 Å². The molecule has 0 radical (unpaired) electrons. The first-order chi connectivity index (χ1) is 66.3. The summed E-state index contributed by atoms with van der Waals surface area (Å²) >= 11 is 0. The van der Waals surface area contributed by atoms with E-state index in [2.05, 4.69) is 78.5 Å². The zero-order chi connectivity index (χ0) is 98.9. The summed E-state index contributed by atoms with van der Waals surface area (Å²) in [7, 11) is 0. The molecule has 11 rings (SSSR count). The third kappa shape index (κ3) is 30.6. The lowest BCUT2D eigenvalue weighted by Crippen LogP contribution is -2.65. The standard InChI is InChI=1S/C93H116N26O19/c94-91(95)100-30-11-23-68(106-84(131)70(42-59-17-10-16-56-13-4-5-18-63(56)59)105-77(121)49-115-33-35-116(50-78(122)123)37-39-118(52-80(126)127)40-38-117(36-34-115)51-79(124)125)82(129)109-72(44-61-47-103-67-22-9-7-20-65(61)67)86(133)112-75(53-120)88(135)110-73(45-62-48-99-54-104-62)87(134)107-69(24-12-31-101-92(96)97)83(130)108-71(43-60-46-102-66-21-8-6-19-64(60)66)85(132)111-74(90(137)119-32-29-76(119)89(136)113-114-93(98)138)41-55-25-27-58(28-26-55)81(128)57-14-2-1-3-15-57/h1-10,13-22,25-28,46-48,54,68-76,102-103,120H,11-12,23-24,29-45,49-53H2,(H,99,104)(H,105,121)(H,106,131)(H,107,134)(H,108,130)(H,109,129)(H,110,135)(H,111,132)(H,112,133)(H,113,136)(H,122,123)(H,124,125)(H,126,127)(H4,94,95,100)(H4,96,97,101)(H3,98,114,138)/t68-,69+,70?,71-,72-,73-,74-,75-,76-/m0/s1. The molecule has 9 atom stereocenters. The number of aromatic amines is 3. The van der Waals surface area contributed by atoms with Crippen molar-refractivity contribution in [1.82, 2.24) is 108 Å². The number of amides is 12. The van der Waals surface area contributed by atoms with E-state index in [-0.39, 0.29) is 141 Å². The Balaban J connectivity index is 0.853. The number of aliphatic hydroxyl groups excluding tert-OH is 1. The molecule has 2 aliphatic rings. The van der Waals surface area contributed by atoms with Gasteiger partial charge in [0, 0.05) is 161 Å². The van der Waals surface area contributed by atoms with Gasteiger partial charge in [0.05, 0.1) is 39.1 Å². The molecular weight excluding hydrogens is 1790 g/mol. The summed E-state index contributed by atoms with van der Waals surface area (Å²) in [5, 5.41) is 86.6. The average molecular weight is 1900 g/mol. The van der Waals surface area contributed by atoms with Crippen LogP contribution in [0.25, 0.3) is 32.6 Å². The first-order valence-electron chi connectivity index (χ1n) is 44.9. The van der Waals surface area contributed by atoms with E-state index < -0.39 is 189 Å². The topological polar surface area (TPSA) is 684 Å². The number of urea groups is 1. The average Bonchev–Trinajstić information content (AvgIpc) is 1.24. The van der Waals surface area contributed by atoms with Gasteiger partial charge in [-0.15, -0.1) is 0 Å². The second-order valence-electron chi connectivity index (χ2n) is 33.6. The number of nitrogens with zero attached hydrogens (tertiary/aromatic N) is 6. The number of hydrogen-bond acceptors (Lipinski definition) is 23. The minimum absolute atomic E-state index is 0.00618. The Labute approximate surface area is 791 Å². The smallest absolute Gasteiger partial charge is 0.330 e. The van der Waals surface area contributed by atoms with Gasteiger partial charge in [0.25, 0.3) is 5.91 Å². The Hall–Kier alpha value is -15.7. The lowest BCUT2D eigenvalue weighted by Gasteiger charge is -2.41. The Morgan fingerprint density at radius 1 is 0.413 bits per heavy atom. The van der Waals surface area contributed by atoms with E-state index in [4.69, 9.17) is 28.0 Å². The Kier molecular flexibility index (Phi) is 37.6. The van der Waals surface area contributed by atoms with Crippen LogP contribution in [0.15, 0.2) is 171 Å². The molecule has 0 spiro atoms. The van der Waals surface area contributed by atoms with Crippen LogP contribution in [-0.4, -0.2) is 325 Å². The number of aromatic nitrogens is 4. The van der Waals surface area contributed by atoms with Gasteiger partial charge in [0.1, 0.15) is 54.4 Å². The number of rotatable bonds is 46. The molecule has 0 saturated carbocycles. The van der Waals surface area contributed by atoms with Crippen LogP contribution in [0.2, 0.25) is 0 Å². The first-order valence-corrected chi connectivity index (χ1v) is 44.9. The molecule has 27 N–H and O–H groups in total. The molecule has 0 aliphatic carbocycles. The van der Waals surface area contributed by atoms with E-state index in [0.717, 1.165) is 5.39 Å². The summed E-state index contributed by atoms with van der Waals surface area (Å²) in [6.45, 7) is -2.27. The summed E-state index contributed by atoms with van der Waals surface area (Å²) in [4.78, 5) is 233. The number of likely N-dealkylation sites (tertiary alicyclic amines) is 1. The number of carboxylic acid groups (broad SMARTS) is 3. The molecule has 138 heavy (non-hydrogen) atoms. The number of fused-ring (bicyclic) bond motifs is 3. The van der Waals surface area contributed by atoms with Gasteiger partial charge in [0.2, 0.25) is 53.2 Å². The Morgan fingerprint density at radius 3 is 1.29 bits per heavy atom. The fraction of sp³-hybridized carbons (Fsp3) is 0.376. The molecule has 12 amide bonds. The predicted molar refractivity (Wildman–Crippen MR) is 504 cm³/mol. The number of aliphatic carboxylic acids is 3. The number of carbonyl (C=O) groups excluding carboxylic acids is 12.